The van der Waals surface area contributed by atoms with E-state index in [0.717, 1.165) is 13.0 Å². The lowest BCUT2D eigenvalue weighted by molar-refractivity contribution is 0.106. The molecule has 114 valence electrons. The van der Waals surface area contributed by atoms with Crippen molar-refractivity contribution in [2.45, 2.75) is 25.4 Å². The Balaban J connectivity index is 2.03. The second-order valence-corrected chi connectivity index (χ2v) is 6.05. The van der Waals surface area contributed by atoms with Gasteiger partial charge in [0, 0.05) is 6.54 Å². The number of halogens is 1. The van der Waals surface area contributed by atoms with Gasteiger partial charge in [-0.3, -0.25) is 0 Å². The molecule has 20 heavy (non-hydrogen) atoms. The number of hydrogen-bond acceptors (Lipinski definition) is 4. The molecular weight excluding hydrogens is 294 g/mol. The highest BCUT2D eigenvalue weighted by atomic mass is 35.5. The first-order valence-electron chi connectivity index (χ1n) is 6.99. The van der Waals surface area contributed by atoms with E-state index in [9.17, 15) is 5.11 Å². The molecule has 1 atom stereocenters. The van der Waals surface area contributed by atoms with Crippen LogP contribution in [-0.2, 0) is 0 Å². The number of benzene rings is 1. The van der Waals surface area contributed by atoms with Crippen molar-refractivity contribution in [2.24, 2.45) is 0 Å². The van der Waals surface area contributed by atoms with Gasteiger partial charge in [-0.05, 0) is 43.5 Å². The number of rotatable bonds is 11. The number of ether oxygens (including phenoxy) is 1. The van der Waals surface area contributed by atoms with Crippen LogP contribution in [0.4, 0.5) is 0 Å². The first-order valence-corrected chi connectivity index (χ1v) is 8.76. The fourth-order valence-electron chi connectivity index (χ4n) is 1.75. The van der Waals surface area contributed by atoms with E-state index in [0.29, 0.717) is 17.3 Å². The summed E-state index contributed by atoms with van der Waals surface area (Å²) < 4.78 is 5.48. The fraction of sp³-hybridized carbons (Fsp3) is 0.600. The average Bonchev–Trinajstić information content (AvgIpc) is 2.45. The highest BCUT2D eigenvalue weighted by Crippen LogP contribution is 2.22. The van der Waals surface area contributed by atoms with Gasteiger partial charge in [0.1, 0.15) is 18.5 Å². The van der Waals surface area contributed by atoms with Gasteiger partial charge in [0.25, 0.3) is 0 Å². The Morgan fingerprint density at radius 3 is 2.85 bits per heavy atom. The second-order valence-electron chi connectivity index (χ2n) is 4.65. The lowest BCUT2D eigenvalue weighted by atomic mass is 10.2. The molecule has 0 saturated carbocycles. The summed E-state index contributed by atoms with van der Waals surface area (Å²) in [5.41, 5.74) is 0. The van der Waals surface area contributed by atoms with Gasteiger partial charge < -0.3 is 15.2 Å². The molecule has 0 fully saturated rings. The third-order valence-corrected chi connectivity index (χ3v) is 3.86. The van der Waals surface area contributed by atoms with Crippen molar-refractivity contribution in [2.75, 3.05) is 31.7 Å². The van der Waals surface area contributed by atoms with Gasteiger partial charge in [-0.2, -0.15) is 11.8 Å². The van der Waals surface area contributed by atoms with Crippen molar-refractivity contribution in [1.29, 1.82) is 0 Å². The monoisotopic (exact) mass is 317 g/mol. The Morgan fingerprint density at radius 2 is 2.10 bits per heavy atom. The van der Waals surface area contributed by atoms with E-state index >= 15 is 0 Å². The van der Waals surface area contributed by atoms with E-state index in [1.54, 1.807) is 12.1 Å². The van der Waals surface area contributed by atoms with Crippen molar-refractivity contribution < 1.29 is 9.84 Å². The normalized spacial score (nSPS) is 12.3. The molecule has 1 aromatic carbocycles. The van der Waals surface area contributed by atoms with Gasteiger partial charge in [-0.15, -0.1) is 0 Å². The van der Waals surface area contributed by atoms with Crippen LogP contribution >= 0.6 is 23.4 Å². The van der Waals surface area contributed by atoms with E-state index in [4.69, 9.17) is 16.3 Å². The predicted molar refractivity (Wildman–Crippen MR) is 88.1 cm³/mol. The molecule has 1 aromatic rings. The van der Waals surface area contributed by atoms with E-state index in [2.05, 4.69) is 11.6 Å². The summed E-state index contributed by atoms with van der Waals surface area (Å²) in [6, 6.07) is 7.29. The maximum atomic E-state index is 9.81. The largest absolute Gasteiger partial charge is 0.489 e. The van der Waals surface area contributed by atoms with Crippen molar-refractivity contribution in [3.05, 3.63) is 29.3 Å². The SMILES string of the molecule is CSCCCCCNCC(O)COc1ccccc1Cl. The summed E-state index contributed by atoms with van der Waals surface area (Å²) in [7, 11) is 0. The molecule has 0 aliphatic carbocycles. The van der Waals surface area contributed by atoms with Crippen molar-refractivity contribution in [3.63, 3.8) is 0 Å². The van der Waals surface area contributed by atoms with Crippen LogP contribution in [0.15, 0.2) is 24.3 Å². The zero-order valence-electron chi connectivity index (χ0n) is 12.0. The van der Waals surface area contributed by atoms with Crippen LogP contribution < -0.4 is 10.1 Å². The molecule has 0 heterocycles. The first-order chi connectivity index (χ1) is 9.74. The lowest BCUT2D eigenvalue weighted by Gasteiger charge is -2.14. The molecule has 0 bridgehead atoms. The maximum absolute atomic E-state index is 9.81. The Hall–Kier alpha value is -0.420. The third-order valence-electron chi connectivity index (χ3n) is 2.85. The summed E-state index contributed by atoms with van der Waals surface area (Å²) in [6.07, 6.45) is 5.27. The van der Waals surface area contributed by atoms with Crippen LogP contribution in [0.25, 0.3) is 0 Å². The molecule has 1 rings (SSSR count). The lowest BCUT2D eigenvalue weighted by Crippen LogP contribution is -2.32. The van der Waals surface area contributed by atoms with Crippen molar-refractivity contribution in [3.8, 4) is 5.75 Å². The average molecular weight is 318 g/mol. The van der Waals surface area contributed by atoms with Crippen molar-refractivity contribution >= 4 is 23.4 Å². The van der Waals surface area contributed by atoms with Gasteiger partial charge >= 0.3 is 0 Å². The summed E-state index contributed by atoms with van der Waals surface area (Å²) in [4.78, 5) is 0. The Bertz CT molecular complexity index is 365. The fourth-order valence-corrected chi connectivity index (χ4v) is 2.43. The molecule has 0 radical (unpaired) electrons. The van der Waals surface area contributed by atoms with Gasteiger partial charge in [0.15, 0.2) is 0 Å². The number of para-hydroxylation sites is 1. The highest BCUT2D eigenvalue weighted by molar-refractivity contribution is 7.98. The Kier molecular flexibility index (Phi) is 9.93. The van der Waals surface area contributed by atoms with Crippen LogP contribution in [0, 0.1) is 0 Å². The number of unbranched alkanes of at least 4 members (excludes halogenated alkanes) is 2. The van der Waals surface area contributed by atoms with E-state index in [-0.39, 0.29) is 6.61 Å². The number of hydrogen-bond donors (Lipinski definition) is 2. The van der Waals surface area contributed by atoms with E-state index < -0.39 is 6.10 Å². The minimum Gasteiger partial charge on any atom is -0.489 e. The molecular formula is C15H24ClNO2S. The number of thioether (sulfide) groups is 1. The van der Waals surface area contributed by atoms with Crippen molar-refractivity contribution in [1.82, 2.24) is 5.32 Å². The maximum Gasteiger partial charge on any atom is 0.138 e. The molecule has 0 aliphatic heterocycles. The van der Waals surface area contributed by atoms with Gasteiger partial charge in [0.05, 0.1) is 5.02 Å². The molecule has 0 aliphatic rings. The molecule has 0 amide bonds. The van der Waals surface area contributed by atoms with Crippen LogP contribution in [0.5, 0.6) is 5.75 Å². The molecule has 0 spiro atoms. The Morgan fingerprint density at radius 1 is 1.30 bits per heavy atom. The van der Waals surface area contributed by atoms with Crippen LogP contribution in [0.1, 0.15) is 19.3 Å². The summed E-state index contributed by atoms with van der Waals surface area (Å²) >= 11 is 7.86. The predicted octanol–water partition coefficient (Wildman–Crippen LogP) is 3.20. The summed E-state index contributed by atoms with van der Waals surface area (Å²) in [5, 5.41) is 13.6. The minimum absolute atomic E-state index is 0.253. The molecule has 2 N–H and O–H groups in total. The summed E-state index contributed by atoms with van der Waals surface area (Å²) in [5.74, 6) is 1.85. The molecule has 5 heteroatoms. The van der Waals surface area contributed by atoms with Crippen LogP contribution in [0.3, 0.4) is 0 Å². The van der Waals surface area contributed by atoms with Gasteiger partial charge in [0.2, 0.25) is 0 Å². The van der Waals surface area contributed by atoms with Crippen LogP contribution in [0.2, 0.25) is 5.02 Å². The zero-order valence-corrected chi connectivity index (χ0v) is 13.6. The molecule has 0 aromatic heterocycles. The smallest absolute Gasteiger partial charge is 0.138 e. The quantitative estimate of drug-likeness (QED) is 0.615. The topological polar surface area (TPSA) is 41.5 Å². The van der Waals surface area contributed by atoms with E-state index in [1.165, 1.54) is 18.6 Å². The first kappa shape index (κ1) is 17.6. The number of nitrogens with one attached hydrogen (secondary N) is 1. The molecule has 3 nitrogen and oxygen atoms in total. The zero-order chi connectivity index (χ0) is 14.6. The Labute approximate surface area is 131 Å². The van der Waals surface area contributed by atoms with Gasteiger partial charge in [-0.1, -0.05) is 30.2 Å². The standard InChI is InChI=1S/C15H24ClNO2S/c1-20-10-6-2-5-9-17-11-13(18)12-19-15-8-4-3-7-14(15)16/h3-4,7-8,13,17-18H,2,5-6,9-12H2,1H3. The number of aliphatic hydroxyl groups is 1. The van der Waals surface area contributed by atoms with Crippen LogP contribution in [-0.4, -0.2) is 42.9 Å². The third kappa shape index (κ3) is 8.00. The second kappa shape index (κ2) is 11.3. The highest BCUT2D eigenvalue weighted by Gasteiger charge is 2.06. The summed E-state index contributed by atoms with van der Waals surface area (Å²) in [6.45, 7) is 1.74. The molecule has 1 unspecified atom stereocenters. The minimum atomic E-state index is -0.516. The number of aliphatic hydroxyl groups excluding tert-OH is 1. The van der Waals surface area contributed by atoms with E-state index in [1.807, 2.05) is 23.9 Å². The van der Waals surface area contributed by atoms with Gasteiger partial charge in [-0.25, -0.2) is 0 Å². The molecule has 0 saturated heterocycles.